The van der Waals surface area contributed by atoms with Crippen LogP contribution in [0.2, 0.25) is 0 Å². The average Bonchev–Trinajstić information content (AvgIpc) is 3.27. The first kappa shape index (κ1) is 23.5. The number of hydrogen-bond donors (Lipinski definition) is 0. The Kier molecular flexibility index (Phi) is 6.43. The fraction of sp³-hybridized carbons (Fsp3) is 0.424. The number of aldehydes is 1. The minimum Gasteiger partial charge on any atom is -0.488 e. The zero-order valence-corrected chi connectivity index (χ0v) is 21.2. The molecule has 0 amide bonds. The highest BCUT2D eigenvalue weighted by Gasteiger charge is 2.55. The van der Waals surface area contributed by atoms with Crippen molar-refractivity contribution in [1.29, 1.82) is 0 Å². The van der Waals surface area contributed by atoms with Crippen LogP contribution in [0.25, 0.3) is 0 Å². The number of rotatable bonds is 7. The first-order valence-corrected chi connectivity index (χ1v) is 13.6. The van der Waals surface area contributed by atoms with Gasteiger partial charge in [-0.1, -0.05) is 67.6 Å². The molecule has 3 aliphatic rings. The smallest absolute Gasteiger partial charge is 0.153 e. The highest BCUT2D eigenvalue weighted by Crippen LogP contribution is 2.61. The molecular formula is C33H36O3. The molecule has 0 N–H and O–H groups in total. The van der Waals surface area contributed by atoms with E-state index in [1.54, 1.807) is 0 Å². The van der Waals surface area contributed by atoms with Crippen molar-refractivity contribution in [2.75, 3.05) is 0 Å². The van der Waals surface area contributed by atoms with Gasteiger partial charge < -0.3 is 9.47 Å². The van der Waals surface area contributed by atoms with Crippen molar-refractivity contribution in [3.8, 4) is 5.75 Å². The minimum absolute atomic E-state index is 0.250. The Labute approximate surface area is 214 Å². The molecule has 3 nitrogen and oxygen atoms in total. The second-order valence-electron chi connectivity index (χ2n) is 11.3. The van der Waals surface area contributed by atoms with Gasteiger partial charge >= 0.3 is 0 Å². The van der Waals surface area contributed by atoms with Crippen molar-refractivity contribution in [2.45, 2.75) is 70.7 Å². The van der Waals surface area contributed by atoms with E-state index in [2.05, 4.69) is 61.5 Å². The van der Waals surface area contributed by atoms with Gasteiger partial charge in [0, 0.05) is 0 Å². The average molecular weight is 481 g/mol. The van der Waals surface area contributed by atoms with Crippen LogP contribution in [0.4, 0.5) is 0 Å². The maximum Gasteiger partial charge on any atom is 0.153 e. The molecule has 0 heterocycles. The molecule has 0 aliphatic heterocycles. The molecule has 2 fully saturated rings. The number of aryl methyl sites for hydroxylation is 1. The fourth-order valence-corrected chi connectivity index (χ4v) is 7.57. The van der Waals surface area contributed by atoms with E-state index in [1.807, 2.05) is 18.2 Å². The van der Waals surface area contributed by atoms with Crippen molar-refractivity contribution in [1.82, 2.24) is 0 Å². The number of hydrogen-bond acceptors (Lipinski definition) is 3. The molecule has 0 spiro atoms. The number of ether oxygens (including phenoxy) is 2. The van der Waals surface area contributed by atoms with Crippen LogP contribution < -0.4 is 4.74 Å². The Morgan fingerprint density at radius 3 is 2.33 bits per heavy atom. The molecular weight excluding hydrogens is 444 g/mol. The number of carbonyl (C=O) groups excluding carboxylic acids is 1. The Morgan fingerprint density at radius 2 is 1.61 bits per heavy atom. The van der Waals surface area contributed by atoms with Gasteiger partial charge in [-0.15, -0.1) is 0 Å². The fourth-order valence-electron chi connectivity index (χ4n) is 7.57. The maximum atomic E-state index is 12.1. The normalized spacial score (nSPS) is 28.6. The second kappa shape index (κ2) is 9.86. The van der Waals surface area contributed by atoms with E-state index in [0.717, 1.165) is 30.4 Å². The van der Waals surface area contributed by atoms with Gasteiger partial charge in [0.05, 0.1) is 18.3 Å². The first-order valence-electron chi connectivity index (χ1n) is 13.6. The van der Waals surface area contributed by atoms with E-state index in [0.29, 0.717) is 42.6 Å². The van der Waals surface area contributed by atoms with Gasteiger partial charge in [0.1, 0.15) is 12.4 Å². The molecule has 6 rings (SSSR count). The van der Waals surface area contributed by atoms with E-state index in [-0.39, 0.29) is 5.41 Å². The van der Waals surface area contributed by atoms with Gasteiger partial charge in [0.15, 0.2) is 6.29 Å². The van der Waals surface area contributed by atoms with Crippen LogP contribution in [0.15, 0.2) is 72.8 Å². The third-order valence-corrected chi connectivity index (χ3v) is 9.43. The van der Waals surface area contributed by atoms with Gasteiger partial charge in [-0.3, -0.25) is 4.79 Å². The van der Waals surface area contributed by atoms with Crippen molar-refractivity contribution < 1.29 is 14.3 Å². The molecule has 186 valence electrons. The number of benzene rings is 3. The van der Waals surface area contributed by atoms with Gasteiger partial charge in [-0.05, 0) is 96.1 Å². The molecule has 3 aromatic carbocycles. The molecule has 0 aromatic heterocycles. The molecule has 0 saturated heterocycles. The monoisotopic (exact) mass is 480 g/mol. The summed E-state index contributed by atoms with van der Waals surface area (Å²) in [5.74, 6) is 2.64. The summed E-state index contributed by atoms with van der Waals surface area (Å²) < 4.78 is 12.7. The molecule has 5 atom stereocenters. The van der Waals surface area contributed by atoms with Crippen LogP contribution in [0.5, 0.6) is 5.75 Å². The highest BCUT2D eigenvalue weighted by atomic mass is 16.5. The molecule has 0 radical (unpaired) electrons. The van der Waals surface area contributed by atoms with Crippen LogP contribution >= 0.6 is 0 Å². The zero-order chi connectivity index (χ0) is 24.5. The van der Waals surface area contributed by atoms with Crippen LogP contribution in [0, 0.1) is 17.3 Å². The molecule has 3 aliphatic carbocycles. The standard InChI is InChI=1S/C33H36O3/c1-33-17-16-27-28(30(33)14-15-32(33)36-22-24-10-6-3-7-11-24)13-12-25-19-31(26(20-34)18-29(25)27)35-21-23-8-4-2-5-9-23/h2-11,18-20,27-28,30,32H,12-17,21-22H2,1H3/t27-,28+,30-,32?,33-/m0/s1. The van der Waals surface area contributed by atoms with E-state index in [9.17, 15) is 4.79 Å². The van der Waals surface area contributed by atoms with Crippen molar-refractivity contribution in [3.63, 3.8) is 0 Å². The van der Waals surface area contributed by atoms with E-state index >= 15 is 0 Å². The third kappa shape index (κ3) is 4.28. The molecule has 3 heteroatoms. The highest BCUT2D eigenvalue weighted by molar-refractivity contribution is 5.80. The van der Waals surface area contributed by atoms with Gasteiger partial charge in [-0.2, -0.15) is 0 Å². The van der Waals surface area contributed by atoms with Crippen molar-refractivity contribution in [2.24, 2.45) is 17.3 Å². The van der Waals surface area contributed by atoms with Gasteiger partial charge in [-0.25, -0.2) is 0 Å². The molecule has 36 heavy (non-hydrogen) atoms. The Balaban J connectivity index is 1.19. The van der Waals surface area contributed by atoms with Crippen LogP contribution in [-0.2, 0) is 24.4 Å². The number of carbonyl (C=O) groups is 1. The van der Waals surface area contributed by atoms with Crippen molar-refractivity contribution in [3.05, 3.63) is 101 Å². The Hall–Kier alpha value is -2.91. The Bertz CT molecular complexity index is 1200. The number of fused-ring (bicyclic) bond motifs is 5. The first-order chi connectivity index (χ1) is 17.7. The summed E-state index contributed by atoms with van der Waals surface area (Å²) in [6, 6.07) is 25.0. The lowest BCUT2D eigenvalue weighted by Crippen LogP contribution is -2.44. The van der Waals surface area contributed by atoms with E-state index in [1.165, 1.54) is 42.4 Å². The van der Waals surface area contributed by atoms with Crippen LogP contribution in [0.1, 0.15) is 77.6 Å². The van der Waals surface area contributed by atoms with Gasteiger partial charge in [0.25, 0.3) is 0 Å². The SMILES string of the molecule is C[C@]12CC[C@@H]3c4cc(C=O)c(OCc5ccccc5)cc4CC[C@H]3[C@@H]1CCC2OCc1ccccc1. The van der Waals surface area contributed by atoms with E-state index < -0.39 is 0 Å². The van der Waals surface area contributed by atoms with Gasteiger partial charge in [0.2, 0.25) is 0 Å². The third-order valence-electron chi connectivity index (χ3n) is 9.43. The molecule has 0 bridgehead atoms. The summed E-state index contributed by atoms with van der Waals surface area (Å²) in [6.07, 6.45) is 8.39. The quantitative estimate of drug-likeness (QED) is 0.328. The van der Waals surface area contributed by atoms with Crippen LogP contribution in [-0.4, -0.2) is 12.4 Å². The molecule has 3 aromatic rings. The van der Waals surface area contributed by atoms with Crippen molar-refractivity contribution >= 4 is 6.29 Å². The zero-order valence-electron chi connectivity index (χ0n) is 21.2. The summed E-state index contributed by atoms with van der Waals surface area (Å²) in [6.45, 7) is 3.68. The largest absolute Gasteiger partial charge is 0.488 e. The molecule has 2 saturated carbocycles. The maximum absolute atomic E-state index is 12.1. The minimum atomic E-state index is 0.250. The summed E-state index contributed by atoms with van der Waals surface area (Å²) in [5.41, 5.74) is 6.09. The summed E-state index contributed by atoms with van der Waals surface area (Å²) >= 11 is 0. The van der Waals surface area contributed by atoms with E-state index in [4.69, 9.17) is 9.47 Å². The predicted molar refractivity (Wildman–Crippen MR) is 142 cm³/mol. The second-order valence-corrected chi connectivity index (χ2v) is 11.3. The molecule has 1 unspecified atom stereocenters. The van der Waals surface area contributed by atoms with Crippen LogP contribution in [0.3, 0.4) is 0 Å². The summed E-state index contributed by atoms with van der Waals surface area (Å²) in [4.78, 5) is 12.1. The lowest BCUT2D eigenvalue weighted by atomic mass is 9.55. The lowest BCUT2D eigenvalue weighted by Gasteiger charge is -2.50. The topological polar surface area (TPSA) is 35.5 Å². The Morgan fingerprint density at radius 1 is 0.889 bits per heavy atom. The lowest BCUT2D eigenvalue weighted by molar-refractivity contribution is -0.0707. The summed E-state index contributed by atoms with van der Waals surface area (Å²) in [5, 5.41) is 0. The summed E-state index contributed by atoms with van der Waals surface area (Å²) in [7, 11) is 0. The predicted octanol–water partition coefficient (Wildman–Crippen LogP) is 7.52.